The smallest absolute Gasteiger partial charge is 0.339 e. The summed E-state index contributed by atoms with van der Waals surface area (Å²) in [6.07, 6.45) is 11.5. The lowest BCUT2D eigenvalue weighted by Gasteiger charge is -2.08. The second-order valence-corrected chi connectivity index (χ2v) is 6.34. The Labute approximate surface area is 155 Å². The Morgan fingerprint density at radius 3 is 1.92 bits per heavy atom. The van der Waals surface area contributed by atoms with E-state index in [0.29, 0.717) is 25.4 Å². The van der Waals surface area contributed by atoms with Crippen molar-refractivity contribution in [2.24, 2.45) is 0 Å². The Hall–Kier alpha value is -2.24. The highest BCUT2D eigenvalue weighted by molar-refractivity contribution is 5.90. The minimum atomic E-state index is -1.15. The van der Waals surface area contributed by atoms with E-state index in [-0.39, 0.29) is 11.3 Å². The highest BCUT2D eigenvalue weighted by atomic mass is 16.5. The molecule has 6 nitrogen and oxygen atoms in total. The zero-order valence-electron chi connectivity index (χ0n) is 15.3. The van der Waals surface area contributed by atoms with Crippen LogP contribution in [0.15, 0.2) is 18.2 Å². The average Bonchev–Trinajstić information content (AvgIpc) is 2.61. The molecule has 0 saturated carbocycles. The van der Waals surface area contributed by atoms with Gasteiger partial charge in [-0.25, -0.2) is 4.79 Å². The summed E-state index contributed by atoms with van der Waals surface area (Å²) in [7, 11) is 0. The van der Waals surface area contributed by atoms with Gasteiger partial charge in [0.15, 0.2) is 0 Å². The number of carbonyl (C=O) groups excluding carboxylic acids is 1. The Kier molecular flexibility index (Phi) is 11.7. The third kappa shape index (κ3) is 9.91. The van der Waals surface area contributed by atoms with Gasteiger partial charge in [-0.2, -0.15) is 0 Å². The molecule has 146 valence electrons. The van der Waals surface area contributed by atoms with Crippen molar-refractivity contribution in [2.45, 2.75) is 64.2 Å². The van der Waals surface area contributed by atoms with E-state index in [4.69, 9.17) is 9.84 Å². The molecule has 1 aromatic carbocycles. The number of carbonyl (C=O) groups is 2. The maximum atomic E-state index is 10.8. The molecule has 0 aliphatic carbocycles. The summed E-state index contributed by atoms with van der Waals surface area (Å²) in [5, 5.41) is 18.4. The van der Waals surface area contributed by atoms with E-state index in [9.17, 15) is 14.7 Å². The van der Waals surface area contributed by atoms with Gasteiger partial charge in [-0.05, 0) is 25.0 Å². The van der Waals surface area contributed by atoms with Gasteiger partial charge in [-0.1, -0.05) is 51.4 Å². The SMILES string of the molecule is O=COCCCCCCCCCCCCOc1ccc(C(=O)O)c(O)c1. The van der Waals surface area contributed by atoms with Crippen molar-refractivity contribution in [3.05, 3.63) is 23.8 Å². The molecule has 2 N–H and O–H groups in total. The van der Waals surface area contributed by atoms with E-state index in [1.807, 2.05) is 0 Å². The zero-order valence-corrected chi connectivity index (χ0v) is 15.3. The van der Waals surface area contributed by atoms with Crippen molar-refractivity contribution in [1.82, 2.24) is 0 Å². The summed E-state index contributed by atoms with van der Waals surface area (Å²) < 4.78 is 10.2. The lowest BCUT2D eigenvalue weighted by molar-refractivity contribution is -0.128. The van der Waals surface area contributed by atoms with Crippen LogP contribution >= 0.6 is 0 Å². The van der Waals surface area contributed by atoms with Crippen LogP contribution in [-0.2, 0) is 9.53 Å². The van der Waals surface area contributed by atoms with Gasteiger partial charge < -0.3 is 19.7 Å². The molecular weight excluding hydrogens is 336 g/mol. The Bertz CT molecular complexity index is 529. The van der Waals surface area contributed by atoms with Crippen molar-refractivity contribution in [2.75, 3.05) is 13.2 Å². The monoisotopic (exact) mass is 366 g/mol. The average molecular weight is 366 g/mol. The molecule has 0 radical (unpaired) electrons. The van der Waals surface area contributed by atoms with Gasteiger partial charge in [0, 0.05) is 6.07 Å². The van der Waals surface area contributed by atoms with Crippen LogP contribution < -0.4 is 4.74 Å². The summed E-state index contributed by atoms with van der Waals surface area (Å²) in [6.45, 7) is 1.60. The molecular formula is C20H30O6. The molecule has 0 amide bonds. The molecule has 0 unspecified atom stereocenters. The first-order chi connectivity index (χ1) is 12.6. The number of unbranched alkanes of at least 4 members (excludes halogenated alkanes) is 9. The number of hydrogen-bond acceptors (Lipinski definition) is 5. The Morgan fingerprint density at radius 2 is 1.42 bits per heavy atom. The van der Waals surface area contributed by atoms with Crippen molar-refractivity contribution in [1.29, 1.82) is 0 Å². The molecule has 0 aliphatic rings. The van der Waals surface area contributed by atoms with Crippen LogP contribution in [0.4, 0.5) is 0 Å². The van der Waals surface area contributed by atoms with Crippen LogP contribution in [0.1, 0.15) is 74.6 Å². The topological polar surface area (TPSA) is 93.1 Å². The molecule has 0 saturated heterocycles. The molecule has 1 rings (SSSR count). The lowest BCUT2D eigenvalue weighted by atomic mass is 10.1. The van der Waals surface area contributed by atoms with E-state index in [2.05, 4.69) is 4.74 Å². The van der Waals surface area contributed by atoms with Gasteiger partial charge >= 0.3 is 5.97 Å². The minimum absolute atomic E-state index is 0.119. The highest BCUT2D eigenvalue weighted by Crippen LogP contribution is 2.23. The highest BCUT2D eigenvalue weighted by Gasteiger charge is 2.09. The van der Waals surface area contributed by atoms with Crippen LogP contribution in [0, 0.1) is 0 Å². The maximum Gasteiger partial charge on any atom is 0.339 e. The summed E-state index contributed by atoms with van der Waals surface area (Å²) in [5.41, 5.74) is -0.119. The van der Waals surface area contributed by atoms with Crippen LogP contribution in [-0.4, -0.2) is 35.9 Å². The minimum Gasteiger partial charge on any atom is -0.507 e. The maximum absolute atomic E-state index is 10.8. The van der Waals surface area contributed by atoms with Crippen molar-refractivity contribution in [3.63, 3.8) is 0 Å². The molecule has 0 spiro atoms. The van der Waals surface area contributed by atoms with Crippen molar-refractivity contribution in [3.8, 4) is 11.5 Å². The Morgan fingerprint density at radius 1 is 0.885 bits per heavy atom. The van der Waals surface area contributed by atoms with E-state index >= 15 is 0 Å². The summed E-state index contributed by atoms with van der Waals surface area (Å²) in [4.78, 5) is 20.8. The van der Waals surface area contributed by atoms with Crippen LogP contribution in [0.2, 0.25) is 0 Å². The summed E-state index contributed by atoms with van der Waals surface area (Å²) in [6, 6.07) is 4.26. The molecule has 0 aromatic heterocycles. The molecule has 0 heterocycles. The van der Waals surface area contributed by atoms with Gasteiger partial charge in [0.2, 0.25) is 0 Å². The molecule has 26 heavy (non-hydrogen) atoms. The normalized spacial score (nSPS) is 10.5. The Balaban J connectivity index is 1.93. The quantitative estimate of drug-likeness (QED) is 0.329. The predicted octanol–water partition coefficient (Wildman–Crippen LogP) is 4.54. The van der Waals surface area contributed by atoms with E-state index in [1.165, 1.54) is 50.7 Å². The number of rotatable bonds is 16. The number of benzene rings is 1. The van der Waals surface area contributed by atoms with E-state index < -0.39 is 5.97 Å². The number of carboxylic acid groups (broad SMARTS) is 1. The fourth-order valence-electron chi connectivity index (χ4n) is 2.72. The number of aromatic carboxylic acids is 1. The summed E-state index contributed by atoms with van der Waals surface area (Å²) >= 11 is 0. The second-order valence-electron chi connectivity index (χ2n) is 6.34. The largest absolute Gasteiger partial charge is 0.507 e. The van der Waals surface area contributed by atoms with Gasteiger partial charge in [-0.3, -0.25) is 4.79 Å². The fraction of sp³-hybridized carbons (Fsp3) is 0.600. The number of ether oxygens (including phenoxy) is 2. The predicted molar refractivity (Wildman–Crippen MR) is 98.7 cm³/mol. The van der Waals surface area contributed by atoms with Gasteiger partial charge in [0.25, 0.3) is 6.47 Å². The first-order valence-corrected chi connectivity index (χ1v) is 9.39. The zero-order chi connectivity index (χ0) is 19.0. The molecule has 0 aliphatic heterocycles. The molecule has 1 aromatic rings. The number of phenols is 1. The van der Waals surface area contributed by atoms with Gasteiger partial charge in [-0.15, -0.1) is 0 Å². The number of hydrogen-bond donors (Lipinski definition) is 2. The number of carboxylic acids is 1. The fourth-order valence-corrected chi connectivity index (χ4v) is 2.72. The van der Waals surface area contributed by atoms with Crippen molar-refractivity contribution < 1.29 is 29.3 Å². The lowest BCUT2D eigenvalue weighted by Crippen LogP contribution is -2.00. The standard InChI is InChI=1S/C20H30O6/c21-16-25-13-9-7-5-3-1-2-4-6-8-10-14-26-17-11-12-18(20(23)24)19(22)15-17/h11-12,15-16,22H,1-10,13-14H2,(H,23,24). The molecule has 6 heteroatoms. The van der Waals surface area contributed by atoms with Crippen molar-refractivity contribution >= 4 is 12.4 Å². The molecule has 0 bridgehead atoms. The second kappa shape index (κ2) is 14.0. The third-order valence-corrected chi connectivity index (χ3v) is 4.19. The molecule has 0 fully saturated rings. The van der Waals surface area contributed by atoms with Crippen LogP contribution in [0.5, 0.6) is 11.5 Å². The van der Waals surface area contributed by atoms with E-state index in [0.717, 1.165) is 25.7 Å². The third-order valence-electron chi connectivity index (χ3n) is 4.19. The van der Waals surface area contributed by atoms with Gasteiger partial charge in [0.05, 0.1) is 13.2 Å². The van der Waals surface area contributed by atoms with Gasteiger partial charge in [0.1, 0.15) is 17.1 Å². The first-order valence-electron chi connectivity index (χ1n) is 9.39. The van der Waals surface area contributed by atoms with Crippen LogP contribution in [0.25, 0.3) is 0 Å². The molecule has 0 atom stereocenters. The summed E-state index contributed by atoms with van der Waals surface area (Å²) in [5.74, 6) is -0.932. The number of aromatic hydroxyl groups is 1. The van der Waals surface area contributed by atoms with Crippen LogP contribution in [0.3, 0.4) is 0 Å². The van der Waals surface area contributed by atoms with E-state index in [1.54, 1.807) is 6.07 Å². The first kappa shape index (κ1) is 21.8.